The minimum absolute atomic E-state index is 0.00564. The van der Waals surface area contributed by atoms with Crippen LogP contribution >= 0.6 is 11.6 Å². The van der Waals surface area contributed by atoms with E-state index in [9.17, 15) is 8.42 Å². The summed E-state index contributed by atoms with van der Waals surface area (Å²) in [4.78, 5) is 5.93. The summed E-state index contributed by atoms with van der Waals surface area (Å²) in [6, 6.07) is 10.5. The molecule has 2 aromatic rings. The Kier molecular flexibility index (Phi) is 3.51. The number of fused-ring (bicyclic) bond motifs is 1. The molecule has 1 aliphatic rings. The standard InChI is InChI=1S/C14H14ClN3O2S/c1-17-9-10-18(12-6-3-2-5-11(12)17)21(19,20)13-7-4-8-16-14(13)15/h2-8H,9-10H2,1H3. The SMILES string of the molecule is CN1CCN(S(=O)(=O)c2cccnc2Cl)c2ccccc21. The normalized spacial score (nSPS) is 15.0. The molecule has 0 fully saturated rings. The first kappa shape index (κ1) is 14.2. The summed E-state index contributed by atoms with van der Waals surface area (Å²) in [6.45, 7) is 0.995. The fourth-order valence-electron chi connectivity index (χ4n) is 2.41. The average molecular weight is 324 g/mol. The van der Waals surface area contributed by atoms with Crippen molar-refractivity contribution >= 4 is 33.0 Å². The second-order valence-electron chi connectivity index (χ2n) is 4.78. The number of benzene rings is 1. The highest BCUT2D eigenvalue weighted by atomic mass is 35.5. The lowest BCUT2D eigenvalue weighted by Crippen LogP contribution is -2.42. The lowest BCUT2D eigenvalue weighted by molar-refractivity contribution is 0.589. The van der Waals surface area contributed by atoms with Crippen molar-refractivity contribution < 1.29 is 8.42 Å². The Hall–Kier alpha value is -1.79. The van der Waals surface area contributed by atoms with E-state index in [4.69, 9.17) is 11.6 Å². The molecule has 0 spiro atoms. The Bertz CT molecular complexity index is 779. The van der Waals surface area contributed by atoms with Crippen molar-refractivity contribution in [3.05, 3.63) is 47.7 Å². The van der Waals surface area contributed by atoms with Crippen molar-refractivity contribution in [1.82, 2.24) is 4.98 Å². The number of sulfonamides is 1. The van der Waals surface area contributed by atoms with E-state index in [1.54, 1.807) is 12.1 Å². The van der Waals surface area contributed by atoms with Crippen LogP contribution in [0.3, 0.4) is 0 Å². The zero-order valence-corrected chi connectivity index (χ0v) is 13.0. The van der Waals surface area contributed by atoms with E-state index in [-0.39, 0.29) is 10.0 Å². The van der Waals surface area contributed by atoms with Gasteiger partial charge in [0.25, 0.3) is 10.0 Å². The number of hydrogen-bond acceptors (Lipinski definition) is 4. The summed E-state index contributed by atoms with van der Waals surface area (Å²) >= 11 is 5.96. The van der Waals surface area contributed by atoms with Gasteiger partial charge in [-0.1, -0.05) is 23.7 Å². The van der Waals surface area contributed by atoms with Gasteiger partial charge in [-0.2, -0.15) is 0 Å². The van der Waals surface area contributed by atoms with Crippen molar-refractivity contribution in [3.63, 3.8) is 0 Å². The second-order valence-corrected chi connectivity index (χ2v) is 6.97. The Morgan fingerprint density at radius 1 is 1.10 bits per heavy atom. The van der Waals surface area contributed by atoms with Crippen LogP contribution in [0.4, 0.5) is 11.4 Å². The summed E-state index contributed by atoms with van der Waals surface area (Å²) in [5.41, 5.74) is 1.54. The first-order valence-electron chi connectivity index (χ1n) is 6.45. The van der Waals surface area contributed by atoms with Crippen LogP contribution in [0.2, 0.25) is 5.15 Å². The molecule has 5 nitrogen and oxygen atoms in total. The molecular weight excluding hydrogens is 310 g/mol. The molecule has 0 unspecified atom stereocenters. The molecule has 0 saturated carbocycles. The van der Waals surface area contributed by atoms with Crippen LogP contribution in [0, 0.1) is 0 Å². The van der Waals surface area contributed by atoms with Crippen LogP contribution in [-0.2, 0) is 10.0 Å². The number of pyridine rings is 1. The molecule has 7 heteroatoms. The van der Waals surface area contributed by atoms with Gasteiger partial charge in [0.15, 0.2) is 0 Å². The third-order valence-electron chi connectivity index (χ3n) is 3.49. The highest BCUT2D eigenvalue weighted by Gasteiger charge is 2.32. The number of hydrogen-bond donors (Lipinski definition) is 0. The molecule has 0 N–H and O–H groups in total. The number of likely N-dealkylation sites (N-methyl/N-ethyl adjacent to an activating group) is 1. The van der Waals surface area contributed by atoms with Gasteiger partial charge in [-0.25, -0.2) is 13.4 Å². The first-order valence-corrected chi connectivity index (χ1v) is 8.27. The van der Waals surface area contributed by atoms with Crippen LogP contribution < -0.4 is 9.21 Å². The van der Waals surface area contributed by atoms with Gasteiger partial charge < -0.3 is 4.90 Å². The lowest BCUT2D eigenvalue weighted by atomic mass is 10.2. The van der Waals surface area contributed by atoms with Crippen LogP contribution in [0.15, 0.2) is 47.5 Å². The Morgan fingerprint density at radius 2 is 1.81 bits per heavy atom. The average Bonchev–Trinajstić information content (AvgIpc) is 2.48. The van der Waals surface area contributed by atoms with Crippen molar-refractivity contribution in [2.75, 3.05) is 29.3 Å². The highest BCUT2D eigenvalue weighted by Crippen LogP contribution is 2.36. The predicted octanol–water partition coefficient (Wildman–Crippen LogP) is 2.38. The van der Waals surface area contributed by atoms with Crippen LogP contribution in [0.25, 0.3) is 0 Å². The monoisotopic (exact) mass is 323 g/mol. The molecule has 1 aromatic carbocycles. The van der Waals surface area contributed by atoms with Crippen molar-refractivity contribution in [3.8, 4) is 0 Å². The molecule has 3 rings (SSSR count). The molecule has 0 amide bonds. The smallest absolute Gasteiger partial charge is 0.267 e. The van der Waals surface area contributed by atoms with Crippen LogP contribution in [0.5, 0.6) is 0 Å². The molecule has 0 aliphatic carbocycles. The van der Waals surface area contributed by atoms with E-state index in [0.717, 1.165) is 5.69 Å². The molecule has 21 heavy (non-hydrogen) atoms. The topological polar surface area (TPSA) is 53.5 Å². The molecule has 1 aromatic heterocycles. The second kappa shape index (κ2) is 5.20. The Balaban J connectivity index is 2.14. The van der Waals surface area contributed by atoms with E-state index in [1.807, 2.05) is 30.1 Å². The molecular formula is C14H14ClN3O2S. The maximum absolute atomic E-state index is 12.9. The molecule has 0 bridgehead atoms. The number of anilines is 2. The summed E-state index contributed by atoms with van der Waals surface area (Å²) in [6.07, 6.45) is 1.47. The molecule has 1 aliphatic heterocycles. The van der Waals surface area contributed by atoms with E-state index in [0.29, 0.717) is 18.8 Å². The van der Waals surface area contributed by atoms with Gasteiger partial charge in [0.05, 0.1) is 17.9 Å². The van der Waals surface area contributed by atoms with E-state index in [1.165, 1.54) is 16.6 Å². The zero-order chi connectivity index (χ0) is 15.0. The van der Waals surface area contributed by atoms with Crippen molar-refractivity contribution in [1.29, 1.82) is 0 Å². The Labute approximate surface area is 128 Å². The predicted molar refractivity (Wildman–Crippen MR) is 83.5 cm³/mol. The third-order valence-corrected chi connectivity index (χ3v) is 5.75. The van der Waals surface area contributed by atoms with Gasteiger partial charge in [-0.05, 0) is 24.3 Å². The largest absolute Gasteiger partial charge is 0.371 e. The fourth-order valence-corrected chi connectivity index (χ4v) is 4.31. The summed E-state index contributed by atoms with van der Waals surface area (Å²) in [7, 11) is -1.77. The fraction of sp³-hybridized carbons (Fsp3) is 0.214. The maximum Gasteiger partial charge on any atom is 0.267 e. The minimum Gasteiger partial charge on any atom is -0.371 e. The van der Waals surface area contributed by atoms with Gasteiger partial charge in [0.2, 0.25) is 0 Å². The number of para-hydroxylation sites is 2. The van der Waals surface area contributed by atoms with Gasteiger partial charge >= 0.3 is 0 Å². The molecule has 2 heterocycles. The van der Waals surface area contributed by atoms with Gasteiger partial charge in [-0.15, -0.1) is 0 Å². The zero-order valence-electron chi connectivity index (χ0n) is 11.4. The third kappa shape index (κ3) is 2.34. The maximum atomic E-state index is 12.9. The molecule has 0 radical (unpaired) electrons. The van der Waals surface area contributed by atoms with Gasteiger partial charge in [0.1, 0.15) is 10.0 Å². The molecule has 0 atom stereocenters. The number of halogens is 1. The molecule has 110 valence electrons. The summed E-state index contributed by atoms with van der Waals surface area (Å²) < 4.78 is 27.1. The van der Waals surface area contributed by atoms with Crippen LogP contribution in [-0.4, -0.2) is 33.5 Å². The number of nitrogens with zero attached hydrogens (tertiary/aromatic N) is 3. The number of rotatable bonds is 2. The van der Waals surface area contributed by atoms with Crippen LogP contribution in [0.1, 0.15) is 0 Å². The summed E-state index contributed by atoms with van der Waals surface area (Å²) in [5.74, 6) is 0. The van der Waals surface area contributed by atoms with Crippen molar-refractivity contribution in [2.24, 2.45) is 0 Å². The van der Waals surface area contributed by atoms with Gasteiger partial charge in [-0.3, -0.25) is 4.31 Å². The molecule has 0 saturated heterocycles. The first-order chi connectivity index (χ1) is 10.0. The lowest BCUT2D eigenvalue weighted by Gasteiger charge is -2.36. The van der Waals surface area contributed by atoms with E-state index in [2.05, 4.69) is 4.98 Å². The van der Waals surface area contributed by atoms with E-state index >= 15 is 0 Å². The quantitative estimate of drug-likeness (QED) is 0.796. The van der Waals surface area contributed by atoms with Gasteiger partial charge in [0, 0.05) is 19.8 Å². The van der Waals surface area contributed by atoms with E-state index < -0.39 is 10.0 Å². The van der Waals surface area contributed by atoms with Crippen molar-refractivity contribution in [2.45, 2.75) is 4.90 Å². The highest BCUT2D eigenvalue weighted by molar-refractivity contribution is 7.93. The Morgan fingerprint density at radius 3 is 2.52 bits per heavy atom. The summed E-state index contributed by atoms with van der Waals surface area (Å²) in [5, 5.41) is -0.00564. The minimum atomic E-state index is -3.72. The number of aromatic nitrogens is 1.